The molecule has 0 saturated carbocycles. The lowest BCUT2D eigenvalue weighted by molar-refractivity contribution is 0.594. The highest BCUT2D eigenvalue weighted by molar-refractivity contribution is 7.92. The Morgan fingerprint density at radius 3 is 2.29 bits per heavy atom. The fourth-order valence-electron chi connectivity index (χ4n) is 1.90. The van der Waals surface area contributed by atoms with Crippen LogP contribution in [0.2, 0.25) is 0 Å². The Kier molecular flexibility index (Phi) is 4.93. The van der Waals surface area contributed by atoms with Crippen LogP contribution in [0.15, 0.2) is 53.7 Å². The van der Waals surface area contributed by atoms with Gasteiger partial charge in [-0.2, -0.15) is 0 Å². The van der Waals surface area contributed by atoms with E-state index in [2.05, 4.69) is 10.3 Å². The van der Waals surface area contributed by atoms with Gasteiger partial charge in [0, 0.05) is 26.0 Å². The van der Waals surface area contributed by atoms with Crippen molar-refractivity contribution in [3.8, 4) is 0 Å². The van der Waals surface area contributed by atoms with E-state index in [1.54, 1.807) is 36.7 Å². The maximum Gasteiger partial charge on any atom is 0.264 e. The Morgan fingerprint density at radius 1 is 1.10 bits per heavy atom. The number of hydrogen-bond acceptors (Lipinski definition) is 4. The van der Waals surface area contributed by atoms with E-state index >= 15 is 0 Å². The molecular weight excluding hydrogens is 286 g/mol. The summed E-state index contributed by atoms with van der Waals surface area (Å²) in [6.45, 7) is 3.64. The molecule has 0 aliphatic rings. The van der Waals surface area contributed by atoms with Gasteiger partial charge in [-0.3, -0.25) is 9.29 Å². The molecule has 2 rings (SSSR count). The van der Waals surface area contributed by atoms with Gasteiger partial charge in [0.25, 0.3) is 10.0 Å². The molecule has 1 aromatic heterocycles. The van der Waals surface area contributed by atoms with E-state index in [0.29, 0.717) is 5.69 Å². The maximum absolute atomic E-state index is 12.5. The van der Waals surface area contributed by atoms with E-state index < -0.39 is 10.0 Å². The first-order valence-corrected chi connectivity index (χ1v) is 8.18. The summed E-state index contributed by atoms with van der Waals surface area (Å²) in [6.07, 6.45) is 3.14. The molecule has 2 aromatic rings. The molecule has 5 nitrogen and oxygen atoms in total. The van der Waals surface area contributed by atoms with Crippen LogP contribution in [-0.2, 0) is 16.6 Å². The van der Waals surface area contributed by atoms with Crippen LogP contribution in [0.1, 0.15) is 12.5 Å². The predicted octanol–water partition coefficient (Wildman–Crippen LogP) is 2.02. The molecule has 21 heavy (non-hydrogen) atoms. The van der Waals surface area contributed by atoms with Gasteiger partial charge < -0.3 is 5.32 Å². The maximum atomic E-state index is 12.5. The Morgan fingerprint density at radius 2 is 1.71 bits per heavy atom. The minimum absolute atomic E-state index is 0.280. The standard InChI is InChI=1S/C15H19N3O2S/c1-3-16-12-13-4-6-15(7-5-13)21(19,20)18(2)14-8-10-17-11-9-14/h4-11,16H,3,12H2,1-2H3. The fraction of sp³-hybridized carbons (Fsp3) is 0.267. The van der Waals surface area contributed by atoms with Crippen LogP contribution in [-0.4, -0.2) is 27.0 Å². The van der Waals surface area contributed by atoms with Gasteiger partial charge >= 0.3 is 0 Å². The normalized spacial score (nSPS) is 11.3. The Bertz CT molecular complexity index is 670. The average Bonchev–Trinajstić information content (AvgIpc) is 2.53. The van der Waals surface area contributed by atoms with E-state index in [1.165, 1.54) is 11.4 Å². The van der Waals surface area contributed by atoms with Crippen molar-refractivity contribution >= 4 is 15.7 Å². The van der Waals surface area contributed by atoms with E-state index in [0.717, 1.165) is 18.7 Å². The number of pyridine rings is 1. The Hall–Kier alpha value is -1.92. The van der Waals surface area contributed by atoms with Crippen LogP contribution in [0.4, 0.5) is 5.69 Å². The highest BCUT2D eigenvalue weighted by atomic mass is 32.2. The summed E-state index contributed by atoms with van der Waals surface area (Å²) in [5, 5.41) is 3.20. The molecule has 0 aliphatic carbocycles. The van der Waals surface area contributed by atoms with Crippen LogP contribution in [0.3, 0.4) is 0 Å². The molecule has 1 aromatic carbocycles. The van der Waals surface area contributed by atoms with E-state index in [9.17, 15) is 8.42 Å². The molecule has 0 radical (unpaired) electrons. The Balaban J connectivity index is 2.23. The molecule has 6 heteroatoms. The number of nitrogens with zero attached hydrogens (tertiary/aromatic N) is 2. The minimum atomic E-state index is -3.54. The monoisotopic (exact) mass is 305 g/mol. The molecule has 1 heterocycles. The van der Waals surface area contributed by atoms with Crippen LogP contribution < -0.4 is 9.62 Å². The topological polar surface area (TPSA) is 62.3 Å². The Labute approximate surface area is 125 Å². The molecular formula is C15H19N3O2S. The lowest BCUT2D eigenvalue weighted by Crippen LogP contribution is -2.26. The zero-order valence-corrected chi connectivity index (χ0v) is 13.0. The van der Waals surface area contributed by atoms with Gasteiger partial charge in [0.05, 0.1) is 10.6 Å². The SMILES string of the molecule is CCNCc1ccc(S(=O)(=O)N(C)c2ccncc2)cc1. The first-order valence-electron chi connectivity index (χ1n) is 6.74. The number of anilines is 1. The fourth-order valence-corrected chi connectivity index (χ4v) is 3.09. The van der Waals surface area contributed by atoms with Crippen LogP contribution in [0.25, 0.3) is 0 Å². The van der Waals surface area contributed by atoms with Gasteiger partial charge in [0.15, 0.2) is 0 Å². The van der Waals surface area contributed by atoms with E-state index in [1.807, 2.05) is 19.1 Å². The lowest BCUT2D eigenvalue weighted by atomic mass is 10.2. The first-order chi connectivity index (χ1) is 10.1. The van der Waals surface area contributed by atoms with Crippen molar-refractivity contribution in [2.24, 2.45) is 0 Å². The molecule has 0 atom stereocenters. The van der Waals surface area contributed by atoms with Gasteiger partial charge in [-0.25, -0.2) is 8.42 Å². The molecule has 0 bridgehead atoms. The van der Waals surface area contributed by atoms with E-state index in [4.69, 9.17) is 0 Å². The minimum Gasteiger partial charge on any atom is -0.313 e. The number of benzene rings is 1. The highest BCUT2D eigenvalue weighted by Crippen LogP contribution is 2.21. The number of aromatic nitrogens is 1. The van der Waals surface area contributed by atoms with Crippen LogP contribution in [0, 0.1) is 0 Å². The van der Waals surface area contributed by atoms with Gasteiger partial charge in [0.2, 0.25) is 0 Å². The average molecular weight is 305 g/mol. The zero-order valence-electron chi connectivity index (χ0n) is 12.2. The van der Waals surface area contributed by atoms with Crippen molar-refractivity contribution in [2.75, 3.05) is 17.9 Å². The smallest absolute Gasteiger partial charge is 0.264 e. The first kappa shape index (κ1) is 15.5. The summed E-state index contributed by atoms with van der Waals surface area (Å²) in [7, 11) is -2.01. The summed E-state index contributed by atoms with van der Waals surface area (Å²) in [5.41, 5.74) is 1.64. The second-order valence-corrected chi connectivity index (χ2v) is 6.57. The predicted molar refractivity (Wildman–Crippen MR) is 83.6 cm³/mol. The molecule has 0 fully saturated rings. The van der Waals surface area contributed by atoms with Gasteiger partial charge in [0.1, 0.15) is 0 Å². The summed E-state index contributed by atoms with van der Waals surface area (Å²) in [4.78, 5) is 4.17. The summed E-state index contributed by atoms with van der Waals surface area (Å²) in [5.74, 6) is 0. The van der Waals surface area contributed by atoms with Crippen LogP contribution in [0.5, 0.6) is 0 Å². The zero-order chi connectivity index (χ0) is 15.3. The third-order valence-corrected chi connectivity index (χ3v) is 4.99. The number of rotatable bonds is 6. The molecule has 0 saturated heterocycles. The molecule has 112 valence electrons. The third kappa shape index (κ3) is 3.59. The molecule has 0 spiro atoms. The van der Waals surface area contributed by atoms with Gasteiger partial charge in [-0.15, -0.1) is 0 Å². The summed E-state index contributed by atoms with van der Waals surface area (Å²) in [6, 6.07) is 10.3. The van der Waals surface area contributed by atoms with Crippen molar-refractivity contribution in [3.63, 3.8) is 0 Å². The molecule has 1 N–H and O–H groups in total. The van der Waals surface area contributed by atoms with Crippen molar-refractivity contribution in [1.82, 2.24) is 10.3 Å². The van der Waals surface area contributed by atoms with Crippen molar-refractivity contribution in [2.45, 2.75) is 18.4 Å². The number of hydrogen-bond donors (Lipinski definition) is 1. The molecule has 0 unspecified atom stereocenters. The van der Waals surface area contributed by atoms with Crippen LogP contribution >= 0.6 is 0 Å². The quantitative estimate of drug-likeness (QED) is 0.887. The van der Waals surface area contributed by atoms with Crippen molar-refractivity contribution in [3.05, 3.63) is 54.4 Å². The molecule has 0 aliphatic heterocycles. The lowest BCUT2D eigenvalue weighted by Gasteiger charge is -2.19. The summed E-state index contributed by atoms with van der Waals surface area (Å²) >= 11 is 0. The van der Waals surface area contributed by atoms with Crippen molar-refractivity contribution < 1.29 is 8.42 Å². The second-order valence-electron chi connectivity index (χ2n) is 4.60. The summed E-state index contributed by atoms with van der Waals surface area (Å²) < 4.78 is 26.4. The number of sulfonamides is 1. The third-order valence-electron chi connectivity index (χ3n) is 3.19. The van der Waals surface area contributed by atoms with Gasteiger partial charge in [-0.05, 0) is 36.4 Å². The largest absolute Gasteiger partial charge is 0.313 e. The number of nitrogens with one attached hydrogen (secondary N) is 1. The highest BCUT2D eigenvalue weighted by Gasteiger charge is 2.20. The molecule has 0 amide bonds. The van der Waals surface area contributed by atoms with E-state index in [-0.39, 0.29) is 4.90 Å². The second kappa shape index (κ2) is 6.69. The van der Waals surface area contributed by atoms with Gasteiger partial charge in [-0.1, -0.05) is 19.1 Å². The van der Waals surface area contributed by atoms with Crippen molar-refractivity contribution in [1.29, 1.82) is 0 Å².